The summed E-state index contributed by atoms with van der Waals surface area (Å²) in [6.07, 6.45) is 1.16. The minimum Gasteiger partial charge on any atom is -0.423 e. The fourth-order valence-electron chi connectivity index (χ4n) is 1.33. The number of hydrogen-bond donors (Lipinski definition) is 0. The molecule has 0 spiro atoms. The standard InChI is InChI=1S/C15H12IO2/c1-2-15(17)18-14-10-8-13(9-11-14)16-12-6-4-3-5-7-12/h2-11H,1H2/q+1. The Morgan fingerprint density at radius 1 is 1.00 bits per heavy atom. The van der Waals surface area contributed by atoms with Gasteiger partial charge in [-0.25, -0.2) is 4.79 Å². The normalized spacial score (nSPS) is 9.78. The van der Waals surface area contributed by atoms with E-state index < -0.39 is 5.97 Å². The predicted octanol–water partition coefficient (Wildman–Crippen LogP) is -0.0936. The van der Waals surface area contributed by atoms with Gasteiger partial charge in [-0.2, -0.15) is 0 Å². The van der Waals surface area contributed by atoms with E-state index in [0.717, 1.165) is 6.08 Å². The number of carbonyl (C=O) groups is 1. The van der Waals surface area contributed by atoms with Gasteiger partial charge in [0.2, 0.25) is 0 Å². The molecular formula is C15H12IO2+. The van der Waals surface area contributed by atoms with E-state index in [1.54, 1.807) is 0 Å². The van der Waals surface area contributed by atoms with E-state index in [1.165, 1.54) is 7.14 Å². The molecule has 0 bridgehead atoms. The number of rotatable bonds is 4. The van der Waals surface area contributed by atoms with Crippen LogP contribution in [-0.4, -0.2) is 5.97 Å². The highest BCUT2D eigenvalue weighted by molar-refractivity contribution is 5.83. The average Bonchev–Trinajstić information content (AvgIpc) is 2.42. The molecule has 90 valence electrons. The molecule has 0 fully saturated rings. The summed E-state index contributed by atoms with van der Waals surface area (Å²) < 4.78 is 7.68. The van der Waals surface area contributed by atoms with Crippen LogP contribution in [0.3, 0.4) is 0 Å². The zero-order valence-corrected chi connectivity index (χ0v) is 11.8. The molecular weight excluding hydrogens is 339 g/mol. The minimum atomic E-state index is -0.430. The Morgan fingerprint density at radius 3 is 2.22 bits per heavy atom. The van der Waals surface area contributed by atoms with Gasteiger partial charge in [0, 0.05) is 6.08 Å². The first-order chi connectivity index (χ1) is 8.78. The maximum Gasteiger partial charge on any atom is 0.357 e. The number of benzene rings is 2. The first-order valence-corrected chi connectivity index (χ1v) is 7.58. The minimum absolute atomic E-state index is 0.170. The Bertz CT molecular complexity index is 532. The smallest absolute Gasteiger partial charge is 0.357 e. The fraction of sp³-hybridized carbons (Fsp3) is 0. The molecule has 0 heterocycles. The quantitative estimate of drug-likeness (QED) is 0.333. The number of halogens is 1. The molecule has 0 aliphatic heterocycles. The van der Waals surface area contributed by atoms with Crippen LogP contribution >= 0.6 is 0 Å². The highest BCUT2D eigenvalue weighted by Crippen LogP contribution is 2.08. The molecule has 0 aliphatic carbocycles. The summed E-state index contributed by atoms with van der Waals surface area (Å²) in [6.45, 7) is 3.36. The van der Waals surface area contributed by atoms with Crippen molar-refractivity contribution in [2.75, 3.05) is 0 Å². The van der Waals surface area contributed by atoms with Crippen LogP contribution in [0.15, 0.2) is 67.3 Å². The molecule has 2 aromatic rings. The lowest BCUT2D eigenvalue weighted by atomic mass is 10.3. The second-order valence-electron chi connectivity index (χ2n) is 3.47. The molecule has 2 rings (SSSR count). The molecule has 0 radical (unpaired) electrons. The Kier molecular flexibility index (Phi) is 4.52. The largest absolute Gasteiger partial charge is 0.423 e. The van der Waals surface area contributed by atoms with Gasteiger partial charge < -0.3 is 4.74 Å². The summed E-state index contributed by atoms with van der Waals surface area (Å²) >= 11 is -0.170. The molecule has 0 aromatic heterocycles. The van der Waals surface area contributed by atoms with Crippen molar-refractivity contribution in [3.05, 3.63) is 74.4 Å². The molecule has 0 aliphatic rings. The maximum absolute atomic E-state index is 11.0. The first kappa shape index (κ1) is 12.8. The lowest BCUT2D eigenvalue weighted by molar-refractivity contribution is -0.597. The van der Waals surface area contributed by atoms with Crippen molar-refractivity contribution in [2.24, 2.45) is 0 Å². The van der Waals surface area contributed by atoms with Crippen molar-refractivity contribution < 1.29 is 30.7 Å². The fourth-order valence-corrected chi connectivity index (χ4v) is 3.54. The Morgan fingerprint density at radius 2 is 1.61 bits per heavy atom. The van der Waals surface area contributed by atoms with Gasteiger partial charge in [-0.15, -0.1) is 0 Å². The zero-order chi connectivity index (χ0) is 12.8. The molecule has 0 atom stereocenters. The number of carbonyl (C=O) groups excluding carboxylic acids is 1. The third-order valence-electron chi connectivity index (χ3n) is 2.15. The molecule has 18 heavy (non-hydrogen) atoms. The monoisotopic (exact) mass is 351 g/mol. The predicted molar refractivity (Wildman–Crippen MR) is 66.1 cm³/mol. The third-order valence-corrected chi connectivity index (χ3v) is 4.83. The highest BCUT2D eigenvalue weighted by Gasteiger charge is 2.14. The molecule has 0 saturated carbocycles. The second kappa shape index (κ2) is 6.35. The van der Waals surface area contributed by atoms with Crippen LogP contribution in [0.25, 0.3) is 0 Å². The van der Waals surface area contributed by atoms with E-state index in [-0.39, 0.29) is 21.2 Å². The molecule has 0 saturated heterocycles. The molecule has 0 N–H and O–H groups in total. The Hall–Kier alpha value is -1.62. The first-order valence-electron chi connectivity index (χ1n) is 5.42. The molecule has 0 unspecified atom stereocenters. The lowest BCUT2D eigenvalue weighted by Gasteiger charge is -1.98. The second-order valence-corrected chi connectivity index (χ2v) is 6.50. The zero-order valence-electron chi connectivity index (χ0n) is 9.68. The summed E-state index contributed by atoms with van der Waals surface area (Å²) in [5.41, 5.74) is 0. The molecule has 0 amide bonds. The lowest BCUT2D eigenvalue weighted by Crippen LogP contribution is -3.61. The van der Waals surface area contributed by atoms with Crippen molar-refractivity contribution in [1.82, 2.24) is 0 Å². The van der Waals surface area contributed by atoms with E-state index in [2.05, 4.69) is 30.8 Å². The summed E-state index contributed by atoms with van der Waals surface area (Å²) in [6, 6.07) is 18.0. The van der Waals surface area contributed by atoms with Gasteiger partial charge in [0.1, 0.15) is 5.75 Å². The summed E-state index contributed by atoms with van der Waals surface area (Å²) in [5.74, 6) is 0.126. The van der Waals surface area contributed by atoms with Crippen molar-refractivity contribution in [3.8, 4) is 5.75 Å². The van der Waals surface area contributed by atoms with Crippen molar-refractivity contribution in [2.45, 2.75) is 0 Å². The average molecular weight is 351 g/mol. The van der Waals surface area contributed by atoms with Gasteiger partial charge in [-0.05, 0) is 36.4 Å². The molecule has 2 nitrogen and oxygen atoms in total. The van der Waals surface area contributed by atoms with E-state index in [4.69, 9.17) is 4.74 Å². The number of hydrogen-bond acceptors (Lipinski definition) is 2. The van der Waals surface area contributed by atoms with Crippen molar-refractivity contribution >= 4 is 5.97 Å². The maximum atomic E-state index is 11.0. The summed E-state index contributed by atoms with van der Waals surface area (Å²) in [7, 11) is 0. The molecule has 3 heteroatoms. The van der Waals surface area contributed by atoms with E-state index in [9.17, 15) is 4.79 Å². The van der Waals surface area contributed by atoms with Crippen LogP contribution in [0, 0.1) is 7.14 Å². The summed E-state index contributed by atoms with van der Waals surface area (Å²) in [4.78, 5) is 11.0. The van der Waals surface area contributed by atoms with Gasteiger partial charge in [0.15, 0.2) is 7.14 Å². The number of esters is 1. The van der Waals surface area contributed by atoms with Crippen molar-refractivity contribution in [1.29, 1.82) is 0 Å². The van der Waals surface area contributed by atoms with Crippen LogP contribution in [0.5, 0.6) is 5.75 Å². The van der Waals surface area contributed by atoms with Crippen LogP contribution in [0.2, 0.25) is 0 Å². The van der Waals surface area contributed by atoms with Crippen LogP contribution in [0.1, 0.15) is 0 Å². The van der Waals surface area contributed by atoms with E-state index >= 15 is 0 Å². The third kappa shape index (κ3) is 3.70. The number of ether oxygens (including phenoxy) is 1. The van der Waals surface area contributed by atoms with Gasteiger partial charge >= 0.3 is 27.2 Å². The topological polar surface area (TPSA) is 26.3 Å². The summed E-state index contributed by atoms with van der Waals surface area (Å²) in [5, 5.41) is 0. The van der Waals surface area contributed by atoms with Gasteiger partial charge in [0.05, 0.1) is 0 Å². The Balaban J connectivity index is 2.04. The SMILES string of the molecule is C=CC(=O)Oc1ccc([I+]c2ccccc2)cc1. The van der Waals surface area contributed by atoms with Crippen LogP contribution in [-0.2, 0) is 4.79 Å². The highest BCUT2D eigenvalue weighted by atomic mass is 127. The van der Waals surface area contributed by atoms with Crippen LogP contribution < -0.4 is 25.9 Å². The van der Waals surface area contributed by atoms with Crippen molar-refractivity contribution in [3.63, 3.8) is 0 Å². The van der Waals surface area contributed by atoms with Gasteiger partial charge in [0.25, 0.3) is 0 Å². The van der Waals surface area contributed by atoms with Gasteiger partial charge in [-0.3, -0.25) is 0 Å². The molecule has 2 aromatic carbocycles. The Labute approximate surface area is 117 Å². The van der Waals surface area contributed by atoms with E-state index in [0.29, 0.717) is 5.75 Å². The van der Waals surface area contributed by atoms with Crippen LogP contribution in [0.4, 0.5) is 0 Å². The van der Waals surface area contributed by atoms with Gasteiger partial charge in [-0.1, -0.05) is 24.8 Å². The van der Waals surface area contributed by atoms with E-state index in [1.807, 2.05) is 30.3 Å².